The number of carbonyl (C=O) groups is 1. The molecule has 0 fully saturated rings. The molecule has 5 nitrogen and oxygen atoms in total. The predicted octanol–water partition coefficient (Wildman–Crippen LogP) is 2.05. The average molecular weight is 240 g/mol. The second-order valence-corrected chi connectivity index (χ2v) is 3.70. The normalized spacial score (nSPS) is 10.9. The Labute approximate surface area is 96.6 Å². The number of Topliss-reactive ketones (excluding diaryl/α,β-unsaturated/α-hetero) is 1. The van der Waals surface area contributed by atoms with Crippen LogP contribution in [0.25, 0.3) is 11.1 Å². The van der Waals surface area contributed by atoms with E-state index >= 15 is 0 Å². The minimum atomic E-state index is -0.120. The van der Waals surface area contributed by atoms with E-state index in [-0.39, 0.29) is 17.5 Å². The second kappa shape index (κ2) is 3.75. The Balaban J connectivity index is 2.85. The highest BCUT2D eigenvalue weighted by Crippen LogP contribution is 2.28. The molecule has 0 atom stereocenters. The maximum Gasteiger partial charge on any atom is 0.232 e. The first kappa shape index (κ1) is 10.9. The van der Waals surface area contributed by atoms with Crippen molar-refractivity contribution in [1.29, 1.82) is 0 Å². The average Bonchev–Trinajstić information content (AvgIpc) is 2.54. The van der Waals surface area contributed by atoms with Crippen LogP contribution < -0.4 is 5.73 Å². The van der Waals surface area contributed by atoms with Crippen LogP contribution in [0.3, 0.4) is 0 Å². The molecule has 0 bridgehead atoms. The number of rotatable bonds is 2. The van der Waals surface area contributed by atoms with Crippen LogP contribution in [-0.4, -0.2) is 15.8 Å². The molecule has 16 heavy (non-hydrogen) atoms. The van der Waals surface area contributed by atoms with Gasteiger partial charge < -0.3 is 10.2 Å². The number of carbonyl (C=O) groups excluding carboxylic acids is 1. The first-order valence-electron chi connectivity index (χ1n) is 4.67. The number of fused-ring (bicyclic) bond motifs is 1. The lowest BCUT2D eigenvalue weighted by Crippen LogP contribution is -2.01. The van der Waals surface area contributed by atoms with E-state index in [1.807, 2.05) is 0 Å². The molecule has 0 spiro atoms. The van der Waals surface area contributed by atoms with Crippen molar-refractivity contribution in [2.45, 2.75) is 19.7 Å². The summed E-state index contributed by atoms with van der Waals surface area (Å²) >= 11 is 5.62. The smallest absolute Gasteiger partial charge is 0.232 e. The van der Waals surface area contributed by atoms with Gasteiger partial charge in [-0.05, 0) is 13.8 Å². The molecule has 0 unspecified atom stereocenters. The monoisotopic (exact) mass is 239 g/mol. The van der Waals surface area contributed by atoms with E-state index in [0.29, 0.717) is 28.2 Å². The highest BCUT2D eigenvalue weighted by molar-refractivity contribution is 6.17. The van der Waals surface area contributed by atoms with Gasteiger partial charge in [-0.1, -0.05) is 0 Å². The molecule has 0 aliphatic carbocycles. The lowest BCUT2D eigenvalue weighted by atomic mass is 10.1. The summed E-state index contributed by atoms with van der Waals surface area (Å²) in [6.45, 7) is 3.14. The number of anilines is 1. The molecule has 0 aliphatic heterocycles. The van der Waals surface area contributed by atoms with Crippen molar-refractivity contribution < 1.29 is 9.21 Å². The zero-order chi connectivity index (χ0) is 11.9. The Morgan fingerprint density at radius 2 is 2.19 bits per heavy atom. The molecule has 0 saturated carbocycles. The molecule has 2 aromatic heterocycles. The van der Waals surface area contributed by atoms with Crippen molar-refractivity contribution >= 4 is 34.3 Å². The van der Waals surface area contributed by atoms with Gasteiger partial charge in [-0.3, -0.25) is 4.79 Å². The second-order valence-electron chi connectivity index (χ2n) is 3.43. The summed E-state index contributed by atoms with van der Waals surface area (Å²) in [5, 5.41) is 0.471. The van der Waals surface area contributed by atoms with E-state index in [1.165, 1.54) is 6.92 Å². The van der Waals surface area contributed by atoms with Gasteiger partial charge in [0.2, 0.25) is 5.71 Å². The van der Waals surface area contributed by atoms with Gasteiger partial charge in [-0.15, -0.1) is 11.6 Å². The quantitative estimate of drug-likeness (QED) is 0.641. The summed E-state index contributed by atoms with van der Waals surface area (Å²) in [5.74, 6) is 1.13. The molecule has 6 heteroatoms. The number of hydrogen-bond acceptors (Lipinski definition) is 5. The van der Waals surface area contributed by atoms with Crippen molar-refractivity contribution in [3.63, 3.8) is 0 Å². The fourth-order valence-electron chi connectivity index (χ4n) is 1.67. The van der Waals surface area contributed by atoms with E-state index in [2.05, 4.69) is 9.97 Å². The van der Waals surface area contributed by atoms with E-state index < -0.39 is 0 Å². The molecule has 2 aromatic rings. The van der Waals surface area contributed by atoms with Gasteiger partial charge in [0.1, 0.15) is 17.4 Å². The van der Waals surface area contributed by atoms with E-state index in [1.54, 1.807) is 6.92 Å². The fourth-order valence-corrected chi connectivity index (χ4v) is 1.79. The zero-order valence-electron chi connectivity index (χ0n) is 8.87. The largest absolute Gasteiger partial charge is 0.442 e. The van der Waals surface area contributed by atoms with Gasteiger partial charge in [0.25, 0.3) is 0 Å². The Hall–Kier alpha value is -1.62. The third-order valence-electron chi connectivity index (χ3n) is 2.27. The standard InChI is InChI=1S/C10H10ClN3O2/c1-4(15)7-5(2)16-10-8(7)9(12)13-6(3-11)14-10/h3H2,1-2H3,(H2,12,13,14). The number of furan rings is 1. The summed E-state index contributed by atoms with van der Waals surface area (Å²) in [5.41, 5.74) is 6.51. The molecule has 84 valence electrons. The molecule has 0 radical (unpaired) electrons. The maximum atomic E-state index is 11.5. The molecule has 0 aliphatic rings. The Morgan fingerprint density at radius 1 is 1.50 bits per heavy atom. The third kappa shape index (κ3) is 1.53. The highest BCUT2D eigenvalue weighted by atomic mass is 35.5. The molecule has 0 aromatic carbocycles. The summed E-state index contributed by atoms with van der Waals surface area (Å²) in [4.78, 5) is 19.5. The van der Waals surface area contributed by atoms with Crippen molar-refractivity contribution in [3.8, 4) is 0 Å². The number of hydrogen-bond donors (Lipinski definition) is 1. The lowest BCUT2D eigenvalue weighted by Gasteiger charge is -1.98. The van der Waals surface area contributed by atoms with Crippen LogP contribution in [0.4, 0.5) is 5.82 Å². The van der Waals surface area contributed by atoms with Crippen molar-refractivity contribution in [3.05, 3.63) is 17.1 Å². The van der Waals surface area contributed by atoms with E-state index in [9.17, 15) is 4.79 Å². The third-order valence-corrected chi connectivity index (χ3v) is 2.51. The van der Waals surface area contributed by atoms with Crippen molar-refractivity contribution in [2.75, 3.05) is 5.73 Å². The number of halogens is 1. The number of ketones is 1. The summed E-state index contributed by atoms with van der Waals surface area (Å²) < 4.78 is 5.37. The maximum absolute atomic E-state index is 11.5. The molecule has 2 N–H and O–H groups in total. The van der Waals surface area contributed by atoms with Gasteiger partial charge in [0.15, 0.2) is 5.78 Å². The Bertz CT molecular complexity index is 577. The molecular weight excluding hydrogens is 230 g/mol. The molecule has 2 rings (SSSR count). The molecule has 2 heterocycles. The number of nitrogens with zero attached hydrogens (tertiary/aromatic N) is 2. The Morgan fingerprint density at radius 3 is 2.75 bits per heavy atom. The SMILES string of the molecule is CC(=O)c1c(C)oc2nc(CCl)nc(N)c12. The number of nitrogen functional groups attached to an aromatic ring is 1. The van der Waals surface area contributed by atoms with Gasteiger partial charge in [0.05, 0.1) is 16.8 Å². The highest BCUT2D eigenvalue weighted by Gasteiger charge is 2.19. The van der Waals surface area contributed by atoms with Gasteiger partial charge in [0, 0.05) is 0 Å². The van der Waals surface area contributed by atoms with Crippen LogP contribution in [-0.2, 0) is 5.88 Å². The van der Waals surface area contributed by atoms with Gasteiger partial charge >= 0.3 is 0 Å². The molecule has 0 saturated heterocycles. The predicted molar refractivity (Wildman–Crippen MR) is 60.5 cm³/mol. The number of nitrogens with two attached hydrogens (primary N) is 1. The van der Waals surface area contributed by atoms with Crippen LogP contribution in [0.15, 0.2) is 4.42 Å². The van der Waals surface area contributed by atoms with Gasteiger partial charge in [-0.2, -0.15) is 4.98 Å². The van der Waals surface area contributed by atoms with Crippen LogP contribution in [0.2, 0.25) is 0 Å². The first-order chi connectivity index (χ1) is 7.54. The van der Waals surface area contributed by atoms with Gasteiger partial charge in [-0.25, -0.2) is 4.98 Å². The van der Waals surface area contributed by atoms with E-state index in [0.717, 1.165) is 0 Å². The Kier molecular flexibility index (Phi) is 2.55. The van der Waals surface area contributed by atoms with Crippen LogP contribution in [0.5, 0.6) is 0 Å². The zero-order valence-corrected chi connectivity index (χ0v) is 9.63. The summed E-state index contributed by atoms with van der Waals surface area (Å²) in [7, 11) is 0. The minimum absolute atomic E-state index is 0.120. The number of aryl methyl sites for hydroxylation is 1. The summed E-state index contributed by atoms with van der Waals surface area (Å²) in [6, 6.07) is 0. The summed E-state index contributed by atoms with van der Waals surface area (Å²) in [6.07, 6.45) is 0. The van der Waals surface area contributed by atoms with Crippen LogP contribution >= 0.6 is 11.6 Å². The van der Waals surface area contributed by atoms with Crippen molar-refractivity contribution in [1.82, 2.24) is 9.97 Å². The number of alkyl halides is 1. The topological polar surface area (TPSA) is 82.0 Å². The molecule has 0 amide bonds. The van der Waals surface area contributed by atoms with E-state index in [4.69, 9.17) is 21.8 Å². The minimum Gasteiger partial charge on any atom is -0.442 e. The first-order valence-corrected chi connectivity index (χ1v) is 5.20. The fraction of sp³-hybridized carbons (Fsp3) is 0.300. The number of aromatic nitrogens is 2. The molecular formula is C10H10ClN3O2. The lowest BCUT2D eigenvalue weighted by molar-refractivity contribution is 0.101. The van der Waals surface area contributed by atoms with Crippen LogP contribution in [0, 0.1) is 6.92 Å². The van der Waals surface area contributed by atoms with Crippen molar-refractivity contribution in [2.24, 2.45) is 0 Å². The van der Waals surface area contributed by atoms with Crippen LogP contribution in [0.1, 0.15) is 28.9 Å².